The molecule has 0 spiro atoms. The van der Waals surface area contributed by atoms with Crippen LogP contribution in [0.5, 0.6) is 0 Å². The molecule has 0 aliphatic rings. The molecule has 0 saturated carbocycles. The van der Waals surface area contributed by atoms with Gasteiger partial charge in [0, 0.05) is 15.6 Å². The van der Waals surface area contributed by atoms with E-state index in [-0.39, 0.29) is 0 Å². The maximum atomic E-state index is 8.85. The van der Waals surface area contributed by atoms with Gasteiger partial charge in [0.2, 0.25) is 0 Å². The summed E-state index contributed by atoms with van der Waals surface area (Å²) in [5.41, 5.74) is 1.07. The van der Waals surface area contributed by atoms with Gasteiger partial charge in [0.1, 0.15) is 11.8 Å². The average Bonchev–Trinajstić information content (AvgIpc) is 2.33. The summed E-state index contributed by atoms with van der Waals surface area (Å²) in [5, 5.41) is 10.5. The van der Waals surface area contributed by atoms with Crippen LogP contribution in [0.25, 0.3) is 0 Å². The van der Waals surface area contributed by atoms with Gasteiger partial charge in [0.15, 0.2) is 5.16 Å². The minimum absolute atomic E-state index is 0.336. The summed E-state index contributed by atoms with van der Waals surface area (Å²) in [6.45, 7) is 1.81. The topological polar surface area (TPSA) is 49.6 Å². The molecule has 0 unspecified atom stereocenters. The number of nitrogens with zero attached hydrogens (tertiary/aromatic N) is 3. The first-order valence-electron chi connectivity index (χ1n) is 4.97. The maximum Gasteiger partial charge on any atom is 0.193 e. The molecule has 2 aromatic rings. The highest BCUT2D eigenvalue weighted by molar-refractivity contribution is 7.99. The summed E-state index contributed by atoms with van der Waals surface area (Å²) in [7, 11) is 0. The fraction of sp³-hybridized carbons (Fsp3) is 0.0833. The maximum absolute atomic E-state index is 8.85. The van der Waals surface area contributed by atoms with E-state index in [4.69, 9.17) is 28.5 Å². The van der Waals surface area contributed by atoms with E-state index in [2.05, 4.69) is 9.97 Å². The molecule has 1 aromatic heterocycles. The molecule has 0 N–H and O–H groups in total. The molecule has 0 amide bonds. The quantitative estimate of drug-likeness (QED) is 0.782. The van der Waals surface area contributed by atoms with E-state index in [1.165, 1.54) is 11.8 Å². The Morgan fingerprint density at radius 1 is 1.22 bits per heavy atom. The van der Waals surface area contributed by atoms with Gasteiger partial charge in [-0.1, -0.05) is 23.2 Å². The molecule has 2 rings (SSSR count). The van der Waals surface area contributed by atoms with E-state index in [1.807, 2.05) is 13.0 Å². The fourth-order valence-corrected chi connectivity index (χ4v) is 2.65. The molecule has 0 fully saturated rings. The number of benzene rings is 1. The summed E-state index contributed by atoms with van der Waals surface area (Å²) in [6.07, 6.45) is 0. The third-order valence-corrected chi connectivity index (χ3v) is 3.64. The van der Waals surface area contributed by atoms with Gasteiger partial charge in [0.05, 0.1) is 5.02 Å². The number of aromatic nitrogens is 2. The van der Waals surface area contributed by atoms with E-state index in [9.17, 15) is 0 Å². The monoisotopic (exact) mass is 295 g/mol. The van der Waals surface area contributed by atoms with E-state index < -0.39 is 0 Å². The van der Waals surface area contributed by atoms with Crippen molar-refractivity contribution in [3.63, 3.8) is 0 Å². The standard InChI is InChI=1S/C12H7Cl2N3S/c1-7-4-9(6-15)17-12(16-7)18-11-5-8(13)2-3-10(11)14/h2-5H,1H3. The Morgan fingerprint density at radius 2 is 2.00 bits per heavy atom. The van der Waals surface area contributed by atoms with Crippen LogP contribution in [0.2, 0.25) is 10.0 Å². The lowest BCUT2D eigenvalue weighted by molar-refractivity contribution is 0.919. The predicted octanol–water partition coefficient (Wildman–Crippen LogP) is 4.11. The number of halogens is 2. The lowest BCUT2D eigenvalue weighted by Gasteiger charge is -2.04. The van der Waals surface area contributed by atoms with Crippen molar-refractivity contribution in [2.75, 3.05) is 0 Å². The van der Waals surface area contributed by atoms with Crippen LogP contribution in [0.3, 0.4) is 0 Å². The van der Waals surface area contributed by atoms with Crippen molar-refractivity contribution in [2.24, 2.45) is 0 Å². The lowest BCUT2D eigenvalue weighted by Crippen LogP contribution is -1.93. The average molecular weight is 296 g/mol. The summed E-state index contributed by atoms with van der Waals surface area (Å²) < 4.78 is 0. The highest BCUT2D eigenvalue weighted by Crippen LogP contribution is 2.33. The van der Waals surface area contributed by atoms with Gasteiger partial charge < -0.3 is 0 Å². The molecule has 6 heteroatoms. The van der Waals surface area contributed by atoms with Crippen molar-refractivity contribution < 1.29 is 0 Å². The van der Waals surface area contributed by atoms with Crippen LogP contribution in [-0.4, -0.2) is 9.97 Å². The number of nitriles is 1. The first-order chi connectivity index (χ1) is 8.58. The largest absolute Gasteiger partial charge is 0.228 e. The van der Waals surface area contributed by atoms with Gasteiger partial charge in [-0.2, -0.15) is 5.26 Å². The van der Waals surface area contributed by atoms with Crippen molar-refractivity contribution in [3.05, 3.63) is 45.7 Å². The SMILES string of the molecule is Cc1cc(C#N)nc(Sc2cc(Cl)ccc2Cl)n1. The summed E-state index contributed by atoms with van der Waals surface area (Å²) in [4.78, 5) is 9.12. The van der Waals surface area contributed by atoms with Crippen molar-refractivity contribution in [2.45, 2.75) is 17.0 Å². The minimum atomic E-state index is 0.336. The molecule has 0 aliphatic carbocycles. The summed E-state index contributed by atoms with van der Waals surface area (Å²) >= 11 is 13.2. The highest BCUT2D eigenvalue weighted by atomic mass is 35.5. The summed E-state index contributed by atoms with van der Waals surface area (Å²) in [6, 6.07) is 8.80. The predicted molar refractivity (Wildman–Crippen MR) is 72.1 cm³/mol. The molecule has 90 valence electrons. The van der Waals surface area contributed by atoms with E-state index >= 15 is 0 Å². The zero-order valence-corrected chi connectivity index (χ0v) is 11.6. The molecule has 3 nitrogen and oxygen atoms in total. The second-order valence-electron chi connectivity index (χ2n) is 3.47. The Morgan fingerprint density at radius 3 is 2.72 bits per heavy atom. The molecule has 1 aromatic carbocycles. The van der Waals surface area contributed by atoms with Crippen LogP contribution in [0.4, 0.5) is 0 Å². The molecular weight excluding hydrogens is 289 g/mol. The van der Waals surface area contributed by atoms with Crippen LogP contribution in [0, 0.1) is 18.3 Å². The van der Waals surface area contributed by atoms with Crippen molar-refractivity contribution in [3.8, 4) is 6.07 Å². The highest BCUT2D eigenvalue weighted by Gasteiger charge is 2.08. The van der Waals surface area contributed by atoms with Gasteiger partial charge in [-0.25, -0.2) is 9.97 Å². The Hall–Kier alpha value is -1.28. The molecule has 0 atom stereocenters. The molecule has 0 saturated heterocycles. The van der Waals surface area contributed by atoms with Crippen LogP contribution in [-0.2, 0) is 0 Å². The van der Waals surface area contributed by atoms with Crippen molar-refractivity contribution in [1.82, 2.24) is 9.97 Å². The lowest BCUT2D eigenvalue weighted by atomic mass is 10.4. The molecule has 0 bridgehead atoms. The minimum Gasteiger partial charge on any atom is -0.228 e. The van der Waals surface area contributed by atoms with Crippen LogP contribution < -0.4 is 0 Å². The van der Waals surface area contributed by atoms with Crippen LogP contribution >= 0.6 is 35.0 Å². The van der Waals surface area contributed by atoms with Gasteiger partial charge in [-0.15, -0.1) is 0 Å². The zero-order valence-electron chi connectivity index (χ0n) is 9.32. The zero-order chi connectivity index (χ0) is 13.1. The van der Waals surface area contributed by atoms with Crippen molar-refractivity contribution in [1.29, 1.82) is 5.26 Å². The van der Waals surface area contributed by atoms with Crippen LogP contribution in [0.15, 0.2) is 34.3 Å². The first-order valence-corrected chi connectivity index (χ1v) is 6.54. The first kappa shape index (κ1) is 13.2. The molecule has 0 aliphatic heterocycles. The Balaban J connectivity index is 2.37. The smallest absolute Gasteiger partial charge is 0.193 e. The number of rotatable bonds is 2. The van der Waals surface area contributed by atoms with E-state index in [1.54, 1.807) is 24.3 Å². The fourth-order valence-electron chi connectivity index (χ4n) is 1.30. The van der Waals surface area contributed by atoms with Crippen molar-refractivity contribution >= 4 is 35.0 Å². The molecule has 0 radical (unpaired) electrons. The number of hydrogen-bond donors (Lipinski definition) is 0. The number of hydrogen-bond acceptors (Lipinski definition) is 4. The number of aryl methyl sites for hydroxylation is 1. The Bertz CT molecular complexity index is 638. The second-order valence-corrected chi connectivity index (χ2v) is 5.32. The Labute approximate surface area is 119 Å². The normalized spacial score (nSPS) is 10.1. The molecule has 1 heterocycles. The van der Waals surface area contributed by atoms with Gasteiger partial charge >= 0.3 is 0 Å². The van der Waals surface area contributed by atoms with Crippen LogP contribution in [0.1, 0.15) is 11.4 Å². The van der Waals surface area contributed by atoms with E-state index in [0.717, 1.165) is 10.6 Å². The van der Waals surface area contributed by atoms with Gasteiger partial charge in [-0.05, 0) is 43.0 Å². The third-order valence-electron chi connectivity index (χ3n) is 2.04. The molecular formula is C12H7Cl2N3S. The third kappa shape index (κ3) is 3.14. The molecule has 18 heavy (non-hydrogen) atoms. The summed E-state index contributed by atoms with van der Waals surface area (Å²) in [5.74, 6) is 0. The van der Waals surface area contributed by atoms with Gasteiger partial charge in [0.25, 0.3) is 0 Å². The van der Waals surface area contributed by atoms with Gasteiger partial charge in [-0.3, -0.25) is 0 Å². The Kier molecular flexibility index (Phi) is 4.07. The van der Waals surface area contributed by atoms with E-state index in [0.29, 0.717) is 20.9 Å². The second kappa shape index (κ2) is 5.57.